The first kappa shape index (κ1) is 20.1. The lowest BCUT2D eigenvalue weighted by atomic mass is 10.1. The molecule has 0 unspecified atom stereocenters. The van der Waals surface area contributed by atoms with Crippen LogP contribution < -0.4 is 16.4 Å². The maximum Gasteiger partial charge on any atom is 0.259 e. The van der Waals surface area contributed by atoms with Gasteiger partial charge in [0.2, 0.25) is 5.78 Å². The minimum absolute atomic E-state index is 0.132. The molecule has 2 heterocycles. The van der Waals surface area contributed by atoms with Crippen molar-refractivity contribution in [1.82, 2.24) is 10.2 Å². The van der Waals surface area contributed by atoms with Gasteiger partial charge in [-0.25, -0.2) is 0 Å². The summed E-state index contributed by atoms with van der Waals surface area (Å²) in [5.74, 6) is -0.298. The number of nitrogen functional groups attached to an aromatic ring is 1. The topological polar surface area (TPSA) is 87.5 Å². The summed E-state index contributed by atoms with van der Waals surface area (Å²) in [5, 5.41) is 7.23. The third-order valence-corrected chi connectivity index (χ3v) is 6.26. The number of thiophene rings is 1. The normalized spacial score (nSPS) is 13.8. The molecule has 30 heavy (non-hydrogen) atoms. The van der Waals surface area contributed by atoms with Gasteiger partial charge in [-0.1, -0.05) is 60.7 Å². The first-order chi connectivity index (χ1) is 14.6. The van der Waals surface area contributed by atoms with Gasteiger partial charge in [-0.05, 0) is 5.56 Å². The number of carbonyl (C=O) groups is 2. The number of nitrogens with two attached hydrogens (primary N) is 1. The number of anilines is 2. The molecule has 7 heteroatoms. The second-order valence-electron chi connectivity index (χ2n) is 7.13. The zero-order valence-electron chi connectivity index (χ0n) is 16.6. The summed E-state index contributed by atoms with van der Waals surface area (Å²) in [6, 6.07) is 18.9. The van der Waals surface area contributed by atoms with E-state index in [1.54, 1.807) is 17.0 Å². The number of ketones is 1. The summed E-state index contributed by atoms with van der Waals surface area (Å²) in [5.41, 5.74) is 8.70. The van der Waals surface area contributed by atoms with Gasteiger partial charge in [0.15, 0.2) is 0 Å². The number of rotatable bonds is 6. The van der Waals surface area contributed by atoms with Crippen LogP contribution in [0.25, 0.3) is 0 Å². The molecule has 3 aromatic rings. The van der Waals surface area contributed by atoms with Crippen molar-refractivity contribution in [1.29, 1.82) is 0 Å². The zero-order valence-corrected chi connectivity index (χ0v) is 17.4. The van der Waals surface area contributed by atoms with Crippen molar-refractivity contribution in [3.63, 3.8) is 0 Å². The highest BCUT2D eigenvalue weighted by molar-refractivity contribution is 7.19. The number of piperazine rings is 1. The molecule has 0 saturated carbocycles. The average molecular weight is 421 g/mol. The second-order valence-corrected chi connectivity index (χ2v) is 8.15. The van der Waals surface area contributed by atoms with Crippen LogP contribution in [0.3, 0.4) is 0 Å². The van der Waals surface area contributed by atoms with Crippen molar-refractivity contribution in [3.05, 3.63) is 82.2 Å². The van der Waals surface area contributed by atoms with E-state index in [2.05, 4.69) is 10.6 Å². The Morgan fingerprint density at radius 2 is 1.63 bits per heavy atom. The summed E-state index contributed by atoms with van der Waals surface area (Å²) in [6.07, 6.45) is 0. The molecule has 154 valence electrons. The lowest BCUT2D eigenvalue weighted by Gasteiger charge is -2.27. The SMILES string of the molecule is Nc1c(C(=O)c2ccccc2)sc(NCc2ccccc2)c1C(=O)N1CCNCC1. The molecule has 1 aromatic heterocycles. The molecular weight excluding hydrogens is 396 g/mol. The number of benzene rings is 2. The molecule has 0 bridgehead atoms. The van der Waals surface area contributed by atoms with Crippen LogP contribution in [0.15, 0.2) is 60.7 Å². The number of carbonyl (C=O) groups excluding carboxylic acids is 2. The summed E-state index contributed by atoms with van der Waals surface area (Å²) in [7, 11) is 0. The van der Waals surface area contributed by atoms with Crippen LogP contribution >= 0.6 is 11.3 Å². The van der Waals surface area contributed by atoms with E-state index in [1.807, 2.05) is 48.5 Å². The highest BCUT2D eigenvalue weighted by atomic mass is 32.1. The number of hydrogen-bond acceptors (Lipinski definition) is 6. The van der Waals surface area contributed by atoms with E-state index >= 15 is 0 Å². The van der Waals surface area contributed by atoms with E-state index in [0.717, 1.165) is 18.7 Å². The van der Waals surface area contributed by atoms with Crippen molar-refractivity contribution in [2.24, 2.45) is 0 Å². The molecule has 2 aromatic carbocycles. The first-order valence-electron chi connectivity index (χ1n) is 9.95. The maximum atomic E-state index is 13.3. The van der Waals surface area contributed by atoms with E-state index in [4.69, 9.17) is 5.73 Å². The average Bonchev–Trinajstić information content (AvgIpc) is 3.14. The third kappa shape index (κ3) is 4.22. The van der Waals surface area contributed by atoms with Crippen LogP contribution in [0.2, 0.25) is 0 Å². The van der Waals surface area contributed by atoms with E-state index in [9.17, 15) is 9.59 Å². The quantitative estimate of drug-likeness (QED) is 0.533. The Kier molecular flexibility index (Phi) is 6.11. The van der Waals surface area contributed by atoms with E-state index in [0.29, 0.717) is 40.6 Å². The summed E-state index contributed by atoms with van der Waals surface area (Å²) >= 11 is 1.25. The Hall–Kier alpha value is -3.16. The van der Waals surface area contributed by atoms with Gasteiger partial charge in [0.05, 0.1) is 11.3 Å². The number of hydrogen-bond donors (Lipinski definition) is 3. The van der Waals surface area contributed by atoms with Crippen LogP contribution in [0.4, 0.5) is 10.7 Å². The molecule has 1 saturated heterocycles. The van der Waals surface area contributed by atoms with Gasteiger partial charge in [0.1, 0.15) is 9.88 Å². The van der Waals surface area contributed by atoms with Crippen LogP contribution in [-0.4, -0.2) is 42.8 Å². The molecule has 0 aliphatic carbocycles. The van der Waals surface area contributed by atoms with Gasteiger partial charge in [-0.3, -0.25) is 9.59 Å². The Morgan fingerprint density at radius 3 is 2.30 bits per heavy atom. The highest BCUT2D eigenvalue weighted by Gasteiger charge is 2.29. The number of nitrogens with one attached hydrogen (secondary N) is 2. The highest BCUT2D eigenvalue weighted by Crippen LogP contribution is 2.38. The molecule has 1 aliphatic rings. The monoisotopic (exact) mass is 420 g/mol. The van der Waals surface area contributed by atoms with Gasteiger partial charge >= 0.3 is 0 Å². The predicted octanol–water partition coefficient (Wildman–Crippen LogP) is 3.22. The Morgan fingerprint density at radius 1 is 1.00 bits per heavy atom. The van der Waals surface area contributed by atoms with Crippen molar-refractivity contribution in [2.45, 2.75) is 6.54 Å². The maximum absolute atomic E-state index is 13.3. The Balaban J connectivity index is 1.68. The minimum atomic E-state index is -0.166. The smallest absolute Gasteiger partial charge is 0.259 e. The lowest BCUT2D eigenvalue weighted by Crippen LogP contribution is -2.46. The molecule has 4 N–H and O–H groups in total. The molecule has 4 rings (SSSR count). The van der Waals surface area contributed by atoms with Crippen molar-refractivity contribution >= 4 is 33.7 Å². The lowest BCUT2D eigenvalue weighted by molar-refractivity contribution is 0.0738. The molecule has 0 atom stereocenters. The van der Waals surface area contributed by atoms with Crippen LogP contribution in [0.1, 0.15) is 31.2 Å². The molecule has 1 aliphatic heterocycles. The van der Waals surface area contributed by atoms with Crippen LogP contribution in [0, 0.1) is 0 Å². The van der Waals surface area contributed by atoms with Gasteiger partial charge in [0.25, 0.3) is 5.91 Å². The standard InChI is InChI=1S/C23H24N4O2S/c24-19-18(23(29)27-13-11-25-12-14-27)22(26-15-16-7-3-1-4-8-16)30-21(19)20(28)17-9-5-2-6-10-17/h1-10,25-26H,11-15,24H2. The molecular formula is C23H24N4O2S. The van der Waals surface area contributed by atoms with Gasteiger partial charge in [0, 0.05) is 38.3 Å². The largest absolute Gasteiger partial charge is 0.397 e. The Labute approximate surface area is 179 Å². The van der Waals surface area contributed by atoms with E-state index in [1.165, 1.54) is 11.3 Å². The molecule has 0 spiro atoms. The van der Waals surface area contributed by atoms with Crippen molar-refractivity contribution in [3.8, 4) is 0 Å². The molecule has 6 nitrogen and oxygen atoms in total. The second kappa shape index (κ2) is 9.11. The fourth-order valence-corrected chi connectivity index (χ4v) is 4.54. The van der Waals surface area contributed by atoms with Gasteiger partial charge in [-0.15, -0.1) is 11.3 Å². The molecule has 1 fully saturated rings. The van der Waals surface area contributed by atoms with Crippen molar-refractivity contribution in [2.75, 3.05) is 37.2 Å². The minimum Gasteiger partial charge on any atom is -0.397 e. The molecule has 0 radical (unpaired) electrons. The fraction of sp³-hybridized carbons (Fsp3) is 0.217. The van der Waals surface area contributed by atoms with Crippen molar-refractivity contribution < 1.29 is 9.59 Å². The summed E-state index contributed by atoms with van der Waals surface area (Å²) in [6.45, 7) is 3.28. The predicted molar refractivity (Wildman–Crippen MR) is 121 cm³/mol. The van der Waals surface area contributed by atoms with Crippen LogP contribution in [-0.2, 0) is 6.54 Å². The van der Waals surface area contributed by atoms with E-state index in [-0.39, 0.29) is 17.4 Å². The summed E-state index contributed by atoms with van der Waals surface area (Å²) in [4.78, 5) is 28.6. The number of nitrogens with zero attached hydrogens (tertiary/aromatic N) is 1. The number of amides is 1. The Bertz CT molecular complexity index is 1030. The van der Waals surface area contributed by atoms with Gasteiger partial charge < -0.3 is 21.3 Å². The van der Waals surface area contributed by atoms with Crippen LogP contribution in [0.5, 0.6) is 0 Å². The van der Waals surface area contributed by atoms with Gasteiger partial charge in [-0.2, -0.15) is 0 Å². The summed E-state index contributed by atoms with van der Waals surface area (Å²) < 4.78 is 0. The fourth-order valence-electron chi connectivity index (χ4n) is 3.47. The van der Waals surface area contributed by atoms with E-state index < -0.39 is 0 Å². The first-order valence-corrected chi connectivity index (χ1v) is 10.8. The third-order valence-electron chi connectivity index (χ3n) is 5.10. The molecule has 1 amide bonds. The zero-order chi connectivity index (χ0) is 20.9.